The van der Waals surface area contributed by atoms with Crippen LogP contribution in [-0.4, -0.2) is 11.2 Å². The summed E-state index contributed by atoms with van der Waals surface area (Å²) >= 11 is 1.53. The Kier molecular flexibility index (Phi) is 3.66. The third-order valence-electron chi connectivity index (χ3n) is 2.19. The summed E-state index contributed by atoms with van der Waals surface area (Å²) in [7, 11) is 0. The molecule has 0 aliphatic heterocycles. The molecule has 0 amide bonds. The fourth-order valence-electron chi connectivity index (χ4n) is 1.28. The predicted molar refractivity (Wildman–Crippen MR) is 69.2 cm³/mol. The molecule has 1 heterocycles. The van der Waals surface area contributed by atoms with Gasteiger partial charge in [-0.3, -0.25) is 5.43 Å². The minimum Gasteiger partial charge on any atom is -0.253 e. The molecule has 0 spiro atoms. The van der Waals surface area contributed by atoms with Gasteiger partial charge in [-0.25, -0.2) is 4.98 Å². The highest BCUT2D eigenvalue weighted by Crippen LogP contribution is 2.09. The van der Waals surface area contributed by atoms with Gasteiger partial charge in [0.15, 0.2) is 0 Å². The van der Waals surface area contributed by atoms with Crippen LogP contribution in [0.4, 0.5) is 5.13 Å². The number of benzene rings is 1. The van der Waals surface area contributed by atoms with Gasteiger partial charge in [-0.2, -0.15) is 5.10 Å². The van der Waals surface area contributed by atoms with Crippen molar-refractivity contribution in [1.29, 1.82) is 0 Å². The third kappa shape index (κ3) is 2.90. The largest absolute Gasteiger partial charge is 0.253 e. The van der Waals surface area contributed by atoms with E-state index in [-0.39, 0.29) is 0 Å². The Morgan fingerprint density at radius 1 is 1.38 bits per heavy atom. The lowest BCUT2D eigenvalue weighted by Gasteiger charge is -1.97. The SMILES string of the molecule is CCc1ccc(/C=N/Nc2nccs2)cc1. The number of nitrogens with zero attached hydrogens (tertiary/aromatic N) is 2. The van der Waals surface area contributed by atoms with Crippen LogP contribution in [-0.2, 0) is 6.42 Å². The molecule has 0 radical (unpaired) electrons. The number of thiazole rings is 1. The normalized spacial score (nSPS) is 10.8. The monoisotopic (exact) mass is 231 g/mol. The molecule has 16 heavy (non-hydrogen) atoms. The first-order valence-electron chi connectivity index (χ1n) is 5.16. The molecule has 0 bridgehead atoms. The standard InChI is InChI=1S/C12H13N3S/c1-2-10-3-5-11(6-4-10)9-14-15-12-13-7-8-16-12/h3-9H,2H2,1H3,(H,13,15)/b14-9+. The molecular formula is C12H13N3S. The van der Waals surface area contributed by atoms with Gasteiger partial charge in [0.1, 0.15) is 0 Å². The molecule has 0 saturated carbocycles. The minimum absolute atomic E-state index is 0.807. The van der Waals surface area contributed by atoms with Crippen LogP contribution in [0.1, 0.15) is 18.1 Å². The van der Waals surface area contributed by atoms with Crippen molar-refractivity contribution in [2.45, 2.75) is 13.3 Å². The zero-order chi connectivity index (χ0) is 11.2. The lowest BCUT2D eigenvalue weighted by Crippen LogP contribution is -1.90. The van der Waals surface area contributed by atoms with Crippen molar-refractivity contribution < 1.29 is 0 Å². The van der Waals surface area contributed by atoms with Gasteiger partial charge in [0.05, 0.1) is 6.21 Å². The first-order chi connectivity index (χ1) is 7.88. The van der Waals surface area contributed by atoms with Crippen LogP contribution in [0.5, 0.6) is 0 Å². The van der Waals surface area contributed by atoms with E-state index in [4.69, 9.17) is 0 Å². The van der Waals surface area contributed by atoms with Crippen molar-refractivity contribution in [3.63, 3.8) is 0 Å². The van der Waals surface area contributed by atoms with E-state index in [1.54, 1.807) is 12.4 Å². The third-order valence-corrected chi connectivity index (χ3v) is 2.87. The molecule has 1 N–H and O–H groups in total. The number of anilines is 1. The summed E-state index contributed by atoms with van der Waals surface area (Å²) in [5, 5.41) is 6.83. The summed E-state index contributed by atoms with van der Waals surface area (Å²) in [4.78, 5) is 4.07. The average Bonchev–Trinajstić information content (AvgIpc) is 2.83. The van der Waals surface area contributed by atoms with E-state index in [1.165, 1.54) is 16.9 Å². The van der Waals surface area contributed by atoms with Crippen LogP contribution >= 0.6 is 11.3 Å². The van der Waals surface area contributed by atoms with Crippen LogP contribution in [0.15, 0.2) is 40.9 Å². The second kappa shape index (κ2) is 5.42. The number of nitrogens with one attached hydrogen (secondary N) is 1. The van der Waals surface area contributed by atoms with E-state index >= 15 is 0 Å². The van der Waals surface area contributed by atoms with Gasteiger partial charge in [-0.05, 0) is 17.5 Å². The molecule has 1 aromatic heterocycles. The molecule has 0 unspecified atom stereocenters. The quantitative estimate of drug-likeness (QED) is 0.648. The van der Waals surface area contributed by atoms with E-state index in [2.05, 4.69) is 46.7 Å². The Morgan fingerprint density at radius 2 is 2.19 bits per heavy atom. The maximum atomic E-state index is 4.11. The van der Waals surface area contributed by atoms with E-state index in [9.17, 15) is 0 Å². The maximum Gasteiger partial charge on any atom is 0.203 e. The molecule has 0 aliphatic rings. The fourth-order valence-corrected chi connectivity index (χ4v) is 1.76. The number of aryl methyl sites for hydroxylation is 1. The molecule has 82 valence electrons. The topological polar surface area (TPSA) is 37.3 Å². The maximum absolute atomic E-state index is 4.11. The summed E-state index contributed by atoms with van der Waals surface area (Å²) in [5.41, 5.74) is 5.30. The zero-order valence-corrected chi connectivity index (χ0v) is 9.87. The number of hydrogen-bond donors (Lipinski definition) is 1. The van der Waals surface area contributed by atoms with E-state index < -0.39 is 0 Å². The summed E-state index contributed by atoms with van der Waals surface area (Å²) in [6, 6.07) is 8.35. The Balaban J connectivity index is 1.95. The summed E-state index contributed by atoms with van der Waals surface area (Å²) < 4.78 is 0. The molecule has 0 atom stereocenters. The number of hydrogen-bond acceptors (Lipinski definition) is 4. The lowest BCUT2D eigenvalue weighted by molar-refractivity contribution is 1.14. The highest BCUT2D eigenvalue weighted by atomic mass is 32.1. The first-order valence-corrected chi connectivity index (χ1v) is 6.04. The first kappa shape index (κ1) is 10.8. The molecule has 4 heteroatoms. The zero-order valence-electron chi connectivity index (χ0n) is 9.05. The molecule has 0 aliphatic carbocycles. The van der Waals surface area contributed by atoms with E-state index in [0.29, 0.717) is 0 Å². The van der Waals surface area contributed by atoms with Gasteiger partial charge in [-0.1, -0.05) is 31.2 Å². The summed E-state index contributed by atoms with van der Waals surface area (Å²) in [5.74, 6) is 0. The second-order valence-corrected chi connectivity index (χ2v) is 4.20. The van der Waals surface area contributed by atoms with Crippen molar-refractivity contribution in [3.05, 3.63) is 47.0 Å². The highest BCUT2D eigenvalue weighted by Gasteiger charge is 1.91. The predicted octanol–water partition coefficient (Wildman–Crippen LogP) is 3.15. The van der Waals surface area contributed by atoms with Gasteiger partial charge in [0.25, 0.3) is 0 Å². The second-order valence-electron chi connectivity index (χ2n) is 3.30. The average molecular weight is 231 g/mol. The Hall–Kier alpha value is -1.68. The smallest absolute Gasteiger partial charge is 0.203 e. The molecule has 2 rings (SSSR count). The van der Waals surface area contributed by atoms with Crippen LogP contribution in [0.3, 0.4) is 0 Å². The van der Waals surface area contributed by atoms with Crippen molar-refractivity contribution in [2.75, 3.05) is 5.43 Å². The van der Waals surface area contributed by atoms with Gasteiger partial charge < -0.3 is 0 Å². The van der Waals surface area contributed by atoms with Crippen LogP contribution in [0, 0.1) is 0 Å². The van der Waals surface area contributed by atoms with Crippen molar-refractivity contribution in [3.8, 4) is 0 Å². The van der Waals surface area contributed by atoms with Crippen molar-refractivity contribution in [1.82, 2.24) is 4.98 Å². The molecule has 3 nitrogen and oxygen atoms in total. The van der Waals surface area contributed by atoms with Gasteiger partial charge in [0, 0.05) is 11.6 Å². The number of rotatable bonds is 4. The fraction of sp³-hybridized carbons (Fsp3) is 0.167. The van der Waals surface area contributed by atoms with E-state index in [0.717, 1.165) is 17.1 Å². The van der Waals surface area contributed by atoms with E-state index in [1.807, 2.05) is 5.38 Å². The molecule has 0 fully saturated rings. The van der Waals surface area contributed by atoms with Crippen LogP contribution < -0.4 is 5.43 Å². The molecular weight excluding hydrogens is 218 g/mol. The molecule has 2 aromatic rings. The van der Waals surface area contributed by atoms with Crippen LogP contribution in [0.2, 0.25) is 0 Å². The van der Waals surface area contributed by atoms with Gasteiger partial charge >= 0.3 is 0 Å². The Morgan fingerprint density at radius 3 is 2.81 bits per heavy atom. The van der Waals surface area contributed by atoms with Crippen LogP contribution in [0.25, 0.3) is 0 Å². The number of aromatic nitrogens is 1. The molecule has 1 aromatic carbocycles. The van der Waals surface area contributed by atoms with Crippen molar-refractivity contribution in [2.24, 2.45) is 5.10 Å². The molecule has 0 saturated heterocycles. The Bertz CT molecular complexity index is 446. The highest BCUT2D eigenvalue weighted by molar-refractivity contribution is 7.13. The minimum atomic E-state index is 0.807. The van der Waals surface area contributed by atoms with Gasteiger partial charge in [0.2, 0.25) is 5.13 Å². The summed E-state index contributed by atoms with van der Waals surface area (Å²) in [6.07, 6.45) is 4.61. The van der Waals surface area contributed by atoms with Crippen molar-refractivity contribution >= 4 is 22.7 Å². The Labute approximate surface area is 98.9 Å². The van der Waals surface area contributed by atoms with Gasteiger partial charge in [-0.15, -0.1) is 11.3 Å². The summed E-state index contributed by atoms with van der Waals surface area (Å²) in [6.45, 7) is 2.15. The lowest BCUT2D eigenvalue weighted by atomic mass is 10.1. The number of hydrazone groups is 1.